The van der Waals surface area contributed by atoms with Gasteiger partial charge in [-0.3, -0.25) is 4.79 Å². The molecule has 2 aliphatic rings. The lowest BCUT2D eigenvalue weighted by Gasteiger charge is -2.42. The van der Waals surface area contributed by atoms with Crippen molar-refractivity contribution in [2.75, 3.05) is 19.6 Å². The van der Waals surface area contributed by atoms with Gasteiger partial charge in [-0.15, -0.1) is 0 Å². The van der Waals surface area contributed by atoms with Gasteiger partial charge in [0.2, 0.25) is 5.82 Å². The van der Waals surface area contributed by atoms with E-state index >= 15 is 0 Å². The van der Waals surface area contributed by atoms with E-state index < -0.39 is 52.4 Å². The first-order valence-electron chi connectivity index (χ1n) is 18.1. The molecular formula is C43H38ClF5N2O5. The largest absolute Gasteiger partial charge is 0.392 e. The number of carbonyl (C=O) groups is 1. The number of nitrogens with zero attached hydrogens (tertiary/aromatic N) is 1. The molecule has 2 heterocycles. The van der Waals surface area contributed by atoms with Gasteiger partial charge in [0, 0.05) is 43.2 Å². The molecule has 7 nitrogen and oxygen atoms in total. The van der Waals surface area contributed by atoms with E-state index in [1.54, 1.807) is 36.4 Å². The van der Waals surface area contributed by atoms with Gasteiger partial charge in [0.05, 0.1) is 24.4 Å². The van der Waals surface area contributed by atoms with Crippen LogP contribution in [0.2, 0.25) is 5.02 Å². The third-order valence-corrected chi connectivity index (χ3v) is 10.8. The molecule has 0 radical (unpaired) electrons. The number of ether oxygens (including phenoxy) is 2. The number of hydrogen-bond donors (Lipinski definition) is 3. The molecule has 2 fully saturated rings. The molecule has 3 atom stereocenters. The average Bonchev–Trinajstić information content (AvgIpc) is 3.22. The fourth-order valence-electron chi connectivity index (χ4n) is 7.32. The number of hydrogen-bond acceptors (Lipinski definition) is 6. The van der Waals surface area contributed by atoms with Crippen molar-refractivity contribution in [1.29, 1.82) is 0 Å². The van der Waals surface area contributed by atoms with Crippen molar-refractivity contribution in [1.82, 2.24) is 10.2 Å². The number of aliphatic hydroxyl groups is 2. The maximum absolute atomic E-state index is 14.3. The topological polar surface area (TPSA) is 91.3 Å². The molecule has 0 aromatic heterocycles. The molecule has 0 spiro atoms. The lowest BCUT2D eigenvalue weighted by atomic mass is 9.84. The van der Waals surface area contributed by atoms with E-state index in [0.717, 1.165) is 27.8 Å². The Kier molecular flexibility index (Phi) is 11.9. The molecule has 56 heavy (non-hydrogen) atoms. The molecule has 2 aliphatic heterocycles. The Morgan fingerprint density at radius 3 is 2.04 bits per heavy atom. The first-order valence-corrected chi connectivity index (χ1v) is 18.5. The van der Waals surface area contributed by atoms with Crippen LogP contribution in [0.4, 0.5) is 22.0 Å². The van der Waals surface area contributed by atoms with E-state index in [9.17, 15) is 37.0 Å². The second-order valence-corrected chi connectivity index (χ2v) is 14.5. The Hall–Kier alpha value is -4.69. The molecule has 7 rings (SSSR count). The standard InChI is InChI=1S/C43H38ClF5N2O5/c44-31-15-13-30(14-16-31)43(54)17-19-51(20-18-43)23-32-21-34(27-7-5-25(24-52)6-8-27)56-42(55-32)28-11-9-26(10-12-28)33-4-2-1-3-29(33)22-50-41(53)35-36(45)38(47)40(49)39(48)37(35)46/h1-16,32,34,42,52,54H,17-24H2,(H,50,53)/t32-,34+,42+/m1/s1. The number of likely N-dealkylation sites (tertiary alicyclic amines) is 1. The number of halogens is 6. The molecule has 292 valence electrons. The van der Waals surface area contributed by atoms with Crippen molar-refractivity contribution in [3.8, 4) is 11.1 Å². The zero-order valence-electron chi connectivity index (χ0n) is 30.0. The molecule has 1 amide bonds. The molecule has 5 aromatic carbocycles. The average molecular weight is 793 g/mol. The molecular weight excluding hydrogens is 755 g/mol. The van der Waals surface area contributed by atoms with Gasteiger partial charge in [-0.05, 0) is 58.4 Å². The Morgan fingerprint density at radius 1 is 0.786 bits per heavy atom. The summed E-state index contributed by atoms with van der Waals surface area (Å²) in [6.45, 7) is 1.60. The number of carbonyl (C=O) groups excluding carboxylic acids is 1. The minimum Gasteiger partial charge on any atom is -0.392 e. The Labute approximate surface area is 325 Å². The van der Waals surface area contributed by atoms with Gasteiger partial charge in [-0.2, -0.15) is 0 Å². The van der Waals surface area contributed by atoms with Crippen LogP contribution in [-0.4, -0.2) is 46.8 Å². The number of rotatable bonds is 10. The molecule has 0 bridgehead atoms. The van der Waals surface area contributed by atoms with E-state index in [1.807, 2.05) is 60.7 Å². The normalized spacial score (nSPS) is 19.8. The number of nitrogens with one attached hydrogen (secondary N) is 1. The minimum atomic E-state index is -2.34. The van der Waals surface area contributed by atoms with Gasteiger partial charge < -0.3 is 29.9 Å². The highest BCUT2D eigenvalue weighted by Gasteiger charge is 2.38. The summed E-state index contributed by atoms with van der Waals surface area (Å²) in [5.74, 6) is -12.6. The highest BCUT2D eigenvalue weighted by Crippen LogP contribution is 2.40. The van der Waals surface area contributed by atoms with E-state index in [0.29, 0.717) is 55.0 Å². The lowest BCUT2D eigenvalue weighted by molar-refractivity contribution is -0.253. The van der Waals surface area contributed by atoms with Crippen LogP contribution in [0.25, 0.3) is 11.1 Å². The predicted molar refractivity (Wildman–Crippen MR) is 199 cm³/mol. The van der Waals surface area contributed by atoms with Crippen LogP contribution in [0.5, 0.6) is 0 Å². The van der Waals surface area contributed by atoms with E-state index in [-0.39, 0.29) is 25.4 Å². The highest BCUT2D eigenvalue weighted by atomic mass is 35.5. The molecule has 0 saturated carbocycles. The highest BCUT2D eigenvalue weighted by molar-refractivity contribution is 6.30. The second kappa shape index (κ2) is 16.8. The molecule has 13 heteroatoms. The summed E-state index contributed by atoms with van der Waals surface area (Å²) in [6.07, 6.45) is 0.407. The third-order valence-electron chi connectivity index (χ3n) is 10.5. The van der Waals surface area contributed by atoms with Gasteiger partial charge in [-0.25, -0.2) is 22.0 Å². The van der Waals surface area contributed by atoms with E-state index in [4.69, 9.17) is 21.1 Å². The first-order chi connectivity index (χ1) is 26.9. The van der Waals surface area contributed by atoms with Crippen molar-refractivity contribution in [3.05, 3.63) is 165 Å². The van der Waals surface area contributed by atoms with Gasteiger partial charge >= 0.3 is 0 Å². The van der Waals surface area contributed by atoms with Gasteiger partial charge in [0.1, 0.15) is 5.56 Å². The predicted octanol–water partition coefficient (Wildman–Crippen LogP) is 8.65. The van der Waals surface area contributed by atoms with Crippen molar-refractivity contribution >= 4 is 17.5 Å². The Morgan fingerprint density at radius 2 is 1.39 bits per heavy atom. The number of aliphatic hydroxyl groups excluding tert-OH is 1. The molecule has 0 unspecified atom stereocenters. The first kappa shape index (κ1) is 39.5. The van der Waals surface area contributed by atoms with E-state index in [2.05, 4.69) is 10.2 Å². The monoisotopic (exact) mass is 792 g/mol. The van der Waals surface area contributed by atoms with Crippen LogP contribution in [-0.2, 0) is 28.2 Å². The second-order valence-electron chi connectivity index (χ2n) is 14.1. The summed E-state index contributed by atoms with van der Waals surface area (Å²) >= 11 is 6.07. The Bertz CT molecular complexity index is 2150. The zero-order chi connectivity index (χ0) is 39.6. The summed E-state index contributed by atoms with van der Waals surface area (Å²) in [7, 11) is 0. The quantitative estimate of drug-likeness (QED) is 0.0746. The summed E-state index contributed by atoms with van der Waals surface area (Å²) < 4.78 is 82.7. The van der Waals surface area contributed by atoms with Crippen molar-refractivity contribution in [2.45, 2.75) is 56.5 Å². The van der Waals surface area contributed by atoms with E-state index in [1.165, 1.54) is 0 Å². The molecule has 0 aliphatic carbocycles. The number of amides is 1. The Balaban J connectivity index is 1.06. The number of benzene rings is 5. The summed E-state index contributed by atoms with van der Waals surface area (Å²) in [6, 6.07) is 29.2. The number of piperidine rings is 1. The van der Waals surface area contributed by atoms with Crippen LogP contribution in [0.3, 0.4) is 0 Å². The van der Waals surface area contributed by atoms with Crippen LogP contribution in [0.1, 0.15) is 69.8 Å². The minimum absolute atomic E-state index is 0.0787. The summed E-state index contributed by atoms with van der Waals surface area (Å²) in [4.78, 5) is 14.9. The van der Waals surface area contributed by atoms with Gasteiger partial charge in [0.25, 0.3) is 5.91 Å². The molecule has 2 saturated heterocycles. The van der Waals surface area contributed by atoms with Gasteiger partial charge in [0.15, 0.2) is 29.6 Å². The summed E-state index contributed by atoms with van der Waals surface area (Å²) in [5.41, 5.74) is 2.71. The fraction of sp³-hybridized carbons (Fsp3) is 0.279. The van der Waals surface area contributed by atoms with Crippen LogP contribution in [0.15, 0.2) is 97.1 Å². The van der Waals surface area contributed by atoms with Crippen molar-refractivity contribution in [3.63, 3.8) is 0 Å². The van der Waals surface area contributed by atoms with Crippen molar-refractivity contribution < 1.29 is 46.4 Å². The van der Waals surface area contributed by atoms with Crippen molar-refractivity contribution in [2.24, 2.45) is 0 Å². The third kappa shape index (κ3) is 8.36. The summed E-state index contributed by atoms with van der Waals surface area (Å²) in [5, 5.41) is 23.9. The van der Waals surface area contributed by atoms with Crippen LogP contribution < -0.4 is 5.32 Å². The molecule has 5 aromatic rings. The smallest absolute Gasteiger partial charge is 0.257 e. The maximum Gasteiger partial charge on any atom is 0.257 e. The fourth-order valence-corrected chi connectivity index (χ4v) is 7.45. The zero-order valence-corrected chi connectivity index (χ0v) is 30.7. The van der Waals surface area contributed by atoms with Crippen LogP contribution in [0, 0.1) is 29.1 Å². The molecule has 3 N–H and O–H groups in total. The lowest BCUT2D eigenvalue weighted by Crippen LogP contribution is -2.46. The van der Waals surface area contributed by atoms with Gasteiger partial charge in [-0.1, -0.05) is 96.5 Å². The van der Waals surface area contributed by atoms with Crippen LogP contribution >= 0.6 is 11.6 Å². The SMILES string of the molecule is O=C(NCc1ccccc1-c1ccc([C@H]2O[C@@H](CN3CCC(O)(c4ccc(Cl)cc4)CC3)C[C@@H](c3ccc(CO)cc3)O2)cc1)c1c(F)c(F)c(F)c(F)c1F. The maximum atomic E-state index is 14.3.